The van der Waals surface area contributed by atoms with Crippen molar-refractivity contribution in [3.8, 4) is 22.3 Å². The lowest BCUT2D eigenvalue weighted by Gasteiger charge is -2.41. The fraction of sp³-hybridized carbons (Fsp3) is 0.0417. The van der Waals surface area contributed by atoms with Crippen molar-refractivity contribution in [3.63, 3.8) is 0 Å². The smallest absolute Gasteiger partial charge is 0.117 e. The fourth-order valence-corrected chi connectivity index (χ4v) is 11.5. The minimum Gasteiger partial charge on any atom is -0.311 e. The Bertz CT molecular complexity index is 2740. The van der Waals surface area contributed by atoms with Crippen molar-refractivity contribution in [1.29, 1.82) is 0 Å². The molecule has 1 aliphatic rings. The summed E-state index contributed by atoms with van der Waals surface area (Å²) < 4.78 is 0. The van der Waals surface area contributed by atoms with E-state index < -0.39 is 8.07 Å². The lowest BCUT2D eigenvalue weighted by molar-refractivity contribution is 1.29. The van der Waals surface area contributed by atoms with E-state index in [1.54, 1.807) is 0 Å². The van der Waals surface area contributed by atoms with Gasteiger partial charge in [-0.15, -0.1) is 0 Å². The van der Waals surface area contributed by atoms with E-state index in [4.69, 9.17) is 0 Å². The molecule has 0 aliphatic carbocycles. The van der Waals surface area contributed by atoms with Gasteiger partial charge >= 0.3 is 0 Å². The molecule has 1 heterocycles. The van der Waals surface area contributed by atoms with E-state index in [0.29, 0.717) is 0 Å². The Morgan fingerprint density at radius 3 is 1.48 bits per heavy atom. The van der Waals surface area contributed by atoms with Crippen LogP contribution in [0, 0.1) is 0 Å². The second-order valence-corrected chi connectivity index (χ2v) is 18.5. The summed E-state index contributed by atoms with van der Waals surface area (Å²) in [6.45, 7) is 4.95. The minimum atomic E-state index is -1.83. The molecule has 0 unspecified atom stereocenters. The van der Waals surface area contributed by atoms with Crippen LogP contribution in [0.1, 0.15) is 0 Å². The molecule has 50 heavy (non-hydrogen) atoms. The summed E-state index contributed by atoms with van der Waals surface area (Å²) in [5.74, 6) is 0. The van der Waals surface area contributed by atoms with Crippen LogP contribution >= 0.6 is 0 Å². The Labute approximate surface area is 293 Å². The predicted octanol–water partition coefficient (Wildman–Crippen LogP) is 12.2. The zero-order valence-corrected chi connectivity index (χ0v) is 29.2. The number of benzene rings is 9. The SMILES string of the molecule is C[Si]1(C)c2ccccc2N(c2ccc(-c3cc4cc(-c5ccc6ccccc6c5)c5ccccc5c4c4ccccc34)cc2)c2ccccc21. The van der Waals surface area contributed by atoms with Crippen molar-refractivity contribution in [3.05, 3.63) is 176 Å². The molecule has 2 heteroatoms. The van der Waals surface area contributed by atoms with E-state index >= 15 is 0 Å². The van der Waals surface area contributed by atoms with Gasteiger partial charge < -0.3 is 4.90 Å². The molecular weight excluding hydrogens is 619 g/mol. The molecule has 0 spiro atoms. The van der Waals surface area contributed by atoms with Crippen LogP contribution in [-0.2, 0) is 0 Å². The molecule has 0 saturated heterocycles. The number of anilines is 3. The Morgan fingerprint density at radius 2 is 0.860 bits per heavy atom. The van der Waals surface area contributed by atoms with Gasteiger partial charge in [-0.25, -0.2) is 0 Å². The molecule has 0 N–H and O–H groups in total. The largest absolute Gasteiger partial charge is 0.311 e. The van der Waals surface area contributed by atoms with E-state index in [-0.39, 0.29) is 0 Å². The zero-order valence-electron chi connectivity index (χ0n) is 28.2. The molecule has 9 aromatic carbocycles. The van der Waals surface area contributed by atoms with Crippen molar-refractivity contribution < 1.29 is 0 Å². The summed E-state index contributed by atoms with van der Waals surface area (Å²) >= 11 is 0. The van der Waals surface area contributed by atoms with E-state index in [9.17, 15) is 0 Å². The number of hydrogen-bond donors (Lipinski definition) is 0. The molecule has 236 valence electrons. The molecule has 0 atom stereocenters. The van der Waals surface area contributed by atoms with Crippen molar-refractivity contribution in [2.24, 2.45) is 0 Å². The number of nitrogens with zero attached hydrogens (tertiary/aromatic N) is 1. The standard InChI is InChI=1S/C48H35NSi/c1-50(2)46-21-11-9-19-44(46)49(45-20-10-12-22-47(45)50)37-27-25-33(26-28-37)42-30-36-31-43(35-24-23-32-13-3-4-14-34(32)29-35)39-16-6-8-18-41(39)48(36)40-17-7-5-15-38(40)42/h3-31H,1-2H3. The third kappa shape index (κ3) is 4.32. The number of hydrogen-bond acceptors (Lipinski definition) is 1. The maximum Gasteiger partial charge on any atom is 0.117 e. The van der Waals surface area contributed by atoms with Crippen molar-refractivity contribution in [1.82, 2.24) is 0 Å². The molecule has 0 amide bonds. The quantitative estimate of drug-likeness (QED) is 0.135. The maximum atomic E-state index is 2.48. The molecule has 0 bridgehead atoms. The van der Waals surface area contributed by atoms with Gasteiger partial charge in [-0.3, -0.25) is 0 Å². The first kappa shape index (κ1) is 29.0. The average molecular weight is 654 g/mol. The molecule has 0 radical (unpaired) electrons. The Balaban J connectivity index is 1.16. The van der Waals surface area contributed by atoms with Crippen LogP contribution in [-0.4, -0.2) is 8.07 Å². The molecular formula is C48H35NSi. The van der Waals surface area contributed by atoms with Crippen LogP contribution in [0.3, 0.4) is 0 Å². The van der Waals surface area contributed by atoms with Crippen molar-refractivity contribution in [2.45, 2.75) is 13.1 Å². The summed E-state index contributed by atoms with van der Waals surface area (Å²) in [5.41, 5.74) is 8.79. The summed E-state index contributed by atoms with van der Waals surface area (Å²) in [5, 5.41) is 13.2. The van der Waals surface area contributed by atoms with Crippen LogP contribution in [0.4, 0.5) is 17.1 Å². The van der Waals surface area contributed by atoms with Crippen LogP contribution in [0.2, 0.25) is 13.1 Å². The minimum absolute atomic E-state index is 1.19. The highest BCUT2D eigenvalue weighted by atomic mass is 28.3. The summed E-state index contributed by atoms with van der Waals surface area (Å²) in [4.78, 5) is 2.47. The Hall–Kier alpha value is -5.96. The van der Waals surface area contributed by atoms with Crippen LogP contribution in [0.5, 0.6) is 0 Å². The van der Waals surface area contributed by atoms with Gasteiger partial charge in [0.15, 0.2) is 0 Å². The van der Waals surface area contributed by atoms with Gasteiger partial charge in [0.1, 0.15) is 8.07 Å². The Kier molecular flexibility index (Phi) is 6.40. The highest BCUT2D eigenvalue weighted by Crippen LogP contribution is 2.44. The van der Waals surface area contributed by atoms with Crippen LogP contribution < -0.4 is 15.3 Å². The monoisotopic (exact) mass is 653 g/mol. The molecule has 1 aliphatic heterocycles. The number of para-hydroxylation sites is 2. The number of rotatable bonds is 3. The summed E-state index contributed by atoms with van der Waals surface area (Å²) in [6.07, 6.45) is 0. The van der Waals surface area contributed by atoms with E-state index in [1.807, 2.05) is 0 Å². The normalized spacial score (nSPS) is 13.5. The lowest BCUT2D eigenvalue weighted by atomic mass is 9.87. The molecule has 1 nitrogen and oxygen atoms in total. The third-order valence-electron chi connectivity index (χ3n) is 11.0. The fourth-order valence-electron chi connectivity index (χ4n) is 8.55. The average Bonchev–Trinajstić information content (AvgIpc) is 3.17. The van der Waals surface area contributed by atoms with Crippen molar-refractivity contribution >= 4 is 78.6 Å². The van der Waals surface area contributed by atoms with Gasteiger partial charge in [-0.1, -0.05) is 147 Å². The maximum absolute atomic E-state index is 2.48. The summed E-state index contributed by atoms with van der Waals surface area (Å²) in [7, 11) is -1.83. The molecule has 10 rings (SSSR count). The highest BCUT2D eigenvalue weighted by molar-refractivity contribution is 7.02. The second kappa shape index (κ2) is 11.0. The van der Waals surface area contributed by atoms with Crippen molar-refractivity contribution in [2.75, 3.05) is 4.90 Å². The second-order valence-electron chi connectivity index (χ2n) is 14.1. The van der Waals surface area contributed by atoms with E-state index in [0.717, 1.165) is 0 Å². The van der Waals surface area contributed by atoms with Gasteiger partial charge in [0.25, 0.3) is 0 Å². The Morgan fingerprint density at radius 1 is 0.380 bits per heavy atom. The molecule has 9 aromatic rings. The number of fused-ring (bicyclic) bond motifs is 8. The first-order chi connectivity index (χ1) is 24.6. The highest BCUT2D eigenvalue weighted by Gasteiger charge is 2.38. The lowest BCUT2D eigenvalue weighted by Crippen LogP contribution is -2.58. The van der Waals surface area contributed by atoms with Crippen LogP contribution in [0.15, 0.2) is 176 Å². The first-order valence-electron chi connectivity index (χ1n) is 17.5. The van der Waals surface area contributed by atoms with Gasteiger partial charge in [0.2, 0.25) is 0 Å². The van der Waals surface area contributed by atoms with Gasteiger partial charge in [-0.05, 0) is 118 Å². The molecule has 0 fully saturated rings. The van der Waals surface area contributed by atoms with E-state index in [2.05, 4.69) is 194 Å². The van der Waals surface area contributed by atoms with E-state index in [1.165, 1.54) is 92.8 Å². The van der Waals surface area contributed by atoms with Gasteiger partial charge in [-0.2, -0.15) is 0 Å². The summed E-state index contributed by atoms with van der Waals surface area (Å²) in [6, 6.07) is 65.4. The first-order valence-corrected chi connectivity index (χ1v) is 20.5. The van der Waals surface area contributed by atoms with Gasteiger partial charge in [0.05, 0.1) is 0 Å². The molecule has 0 aromatic heterocycles. The third-order valence-corrected chi connectivity index (χ3v) is 14.5. The van der Waals surface area contributed by atoms with Gasteiger partial charge in [0, 0.05) is 17.1 Å². The zero-order chi connectivity index (χ0) is 33.4. The topological polar surface area (TPSA) is 3.24 Å². The molecule has 0 saturated carbocycles. The predicted molar refractivity (Wildman–Crippen MR) is 219 cm³/mol. The van der Waals surface area contributed by atoms with Crippen LogP contribution in [0.25, 0.3) is 65.3 Å².